The zero-order valence-electron chi connectivity index (χ0n) is 14.7. The average molecular weight is 417 g/mol. The van der Waals surface area contributed by atoms with Crippen LogP contribution in [0.4, 0.5) is 0 Å². The van der Waals surface area contributed by atoms with Crippen LogP contribution >= 0.6 is 11.6 Å². The third kappa shape index (κ3) is 6.84. The van der Waals surface area contributed by atoms with Gasteiger partial charge in [-0.2, -0.15) is 0 Å². The van der Waals surface area contributed by atoms with E-state index in [-0.39, 0.29) is 30.4 Å². The van der Waals surface area contributed by atoms with E-state index < -0.39 is 33.9 Å². The third-order valence-electron chi connectivity index (χ3n) is 3.98. The van der Waals surface area contributed by atoms with Crippen molar-refractivity contribution in [2.45, 2.75) is 31.9 Å². The molecule has 1 aliphatic heterocycles. The Hall–Kier alpha value is -2.13. The monoisotopic (exact) mass is 416 g/mol. The van der Waals surface area contributed by atoms with E-state index in [1.807, 2.05) is 0 Å². The Balaban J connectivity index is 1.69. The lowest BCUT2D eigenvalue weighted by molar-refractivity contribution is -0.154. The van der Waals surface area contributed by atoms with Crippen LogP contribution in [0.2, 0.25) is 5.02 Å². The number of benzene rings is 1. The Bertz CT molecular complexity index is 809. The highest BCUT2D eigenvalue weighted by molar-refractivity contribution is 7.91. The SMILES string of the molecule is C[C@H](OC(=O)CCNC(=O)c1ccc(Cl)cc1)C(=O)N[C@@H]1CCS(=O)(=O)C1. The van der Waals surface area contributed by atoms with Crippen molar-refractivity contribution in [1.82, 2.24) is 10.6 Å². The van der Waals surface area contributed by atoms with E-state index in [1.54, 1.807) is 24.3 Å². The molecule has 0 saturated carbocycles. The van der Waals surface area contributed by atoms with Crippen molar-refractivity contribution < 1.29 is 27.5 Å². The van der Waals surface area contributed by atoms with Gasteiger partial charge in [0.15, 0.2) is 15.9 Å². The Morgan fingerprint density at radius 2 is 1.93 bits per heavy atom. The maximum atomic E-state index is 12.0. The molecular weight excluding hydrogens is 396 g/mol. The van der Waals surface area contributed by atoms with Crippen molar-refractivity contribution in [3.63, 3.8) is 0 Å². The summed E-state index contributed by atoms with van der Waals surface area (Å²) in [5.74, 6) is -1.60. The summed E-state index contributed by atoms with van der Waals surface area (Å²) in [6.45, 7) is 1.46. The second-order valence-corrected chi connectivity index (χ2v) is 8.92. The van der Waals surface area contributed by atoms with Crippen LogP contribution in [0, 0.1) is 0 Å². The molecule has 2 rings (SSSR count). The number of sulfone groups is 1. The molecule has 0 bridgehead atoms. The van der Waals surface area contributed by atoms with Crippen LogP contribution in [-0.2, 0) is 24.2 Å². The fourth-order valence-electron chi connectivity index (χ4n) is 2.52. The zero-order valence-corrected chi connectivity index (χ0v) is 16.3. The van der Waals surface area contributed by atoms with Crippen molar-refractivity contribution >= 4 is 39.2 Å². The summed E-state index contributed by atoms with van der Waals surface area (Å²) >= 11 is 5.75. The normalized spacial score (nSPS) is 19.1. The van der Waals surface area contributed by atoms with Gasteiger partial charge in [-0.25, -0.2) is 8.42 Å². The van der Waals surface area contributed by atoms with E-state index in [2.05, 4.69) is 10.6 Å². The quantitative estimate of drug-likeness (QED) is 0.631. The number of carbonyl (C=O) groups is 3. The summed E-state index contributed by atoms with van der Waals surface area (Å²) in [5, 5.41) is 5.65. The summed E-state index contributed by atoms with van der Waals surface area (Å²) < 4.78 is 27.8. The number of rotatable bonds is 7. The van der Waals surface area contributed by atoms with E-state index in [0.29, 0.717) is 17.0 Å². The van der Waals surface area contributed by atoms with Gasteiger partial charge in [0.25, 0.3) is 11.8 Å². The molecule has 27 heavy (non-hydrogen) atoms. The molecule has 2 amide bonds. The highest BCUT2D eigenvalue weighted by Crippen LogP contribution is 2.12. The Labute approximate surface area is 162 Å². The number of hydrogen-bond donors (Lipinski definition) is 2. The molecule has 2 atom stereocenters. The van der Waals surface area contributed by atoms with Gasteiger partial charge in [0.2, 0.25) is 0 Å². The van der Waals surface area contributed by atoms with Crippen molar-refractivity contribution in [3.8, 4) is 0 Å². The average Bonchev–Trinajstić information content (AvgIpc) is 2.93. The zero-order chi connectivity index (χ0) is 20.0. The van der Waals surface area contributed by atoms with Gasteiger partial charge in [0.05, 0.1) is 17.9 Å². The second kappa shape index (κ2) is 9.18. The van der Waals surface area contributed by atoms with Gasteiger partial charge >= 0.3 is 5.97 Å². The summed E-state index contributed by atoms with van der Waals surface area (Å²) in [4.78, 5) is 35.7. The topological polar surface area (TPSA) is 119 Å². The molecule has 1 saturated heterocycles. The van der Waals surface area contributed by atoms with Crippen LogP contribution in [0.25, 0.3) is 0 Å². The number of hydrogen-bond acceptors (Lipinski definition) is 6. The Kier molecular flexibility index (Phi) is 7.20. The minimum Gasteiger partial charge on any atom is -0.452 e. The molecule has 0 aromatic heterocycles. The Morgan fingerprint density at radius 1 is 1.26 bits per heavy atom. The molecule has 10 heteroatoms. The van der Waals surface area contributed by atoms with Gasteiger partial charge in [-0.1, -0.05) is 11.6 Å². The van der Waals surface area contributed by atoms with E-state index in [0.717, 1.165) is 0 Å². The third-order valence-corrected chi connectivity index (χ3v) is 6.00. The van der Waals surface area contributed by atoms with Crippen LogP contribution in [0.15, 0.2) is 24.3 Å². The van der Waals surface area contributed by atoms with Crippen LogP contribution in [0.3, 0.4) is 0 Å². The largest absolute Gasteiger partial charge is 0.452 e. The van der Waals surface area contributed by atoms with Crippen LogP contribution in [0.5, 0.6) is 0 Å². The van der Waals surface area contributed by atoms with E-state index in [1.165, 1.54) is 6.92 Å². The van der Waals surface area contributed by atoms with Gasteiger partial charge in [-0.15, -0.1) is 0 Å². The van der Waals surface area contributed by atoms with Gasteiger partial charge in [0, 0.05) is 23.2 Å². The maximum Gasteiger partial charge on any atom is 0.308 e. The fraction of sp³-hybridized carbons (Fsp3) is 0.471. The van der Waals surface area contributed by atoms with Crippen molar-refractivity contribution in [2.75, 3.05) is 18.1 Å². The second-order valence-electron chi connectivity index (χ2n) is 6.25. The molecule has 1 aromatic carbocycles. The lowest BCUT2D eigenvalue weighted by Crippen LogP contribution is -2.42. The lowest BCUT2D eigenvalue weighted by Gasteiger charge is -2.16. The fourth-order valence-corrected chi connectivity index (χ4v) is 4.32. The minimum atomic E-state index is -3.11. The maximum absolute atomic E-state index is 12.0. The minimum absolute atomic E-state index is 0.0411. The molecule has 1 aromatic rings. The standard InChI is InChI=1S/C17H21ClN2O6S/c1-11(16(22)20-14-7-9-27(24,25)10-14)26-15(21)6-8-19-17(23)12-2-4-13(18)5-3-12/h2-5,11,14H,6-10H2,1H3,(H,19,23)(H,20,22)/t11-,14+/m0/s1. The Morgan fingerprint density at radius 3 is 2.52 bits per heavy atom. The molecule has 0 spiro atoms. The predicted molar refractivity (Wildman–Crippen MR) is 99.2 cm³/mol. The summed E-state index contributed by atoms with van der Waals surface area (Å²) in [7, 11) is -3.11. The van der Waals surface area contributed by atoms with Crippen molar-refractivity contribution in [3.05, 3.63) is 34.9 Å². The first-order valence-electron chi connectivity index (χ1n) is 8.40. The van der Waals surface area contributed by atoms with Gasteiger partial charge in [0.1, 0.15) is 0 Å². The molecule has 1 aliphatic rings. The first-order valence-corrected chi connectivity index (χ1v) is 10.6. The van der Waals surface area contributed by atoms with Gasteiger partial charge in [-0.3, -0.25) is 14.4 Å². The summed E-state index contributed by atoms with van der Waals surface area (Å²) in [5.41, 5.74) is 0.409. The first kappa shape index (κ1) is 21.2. The molecule has 8 nitrogen and oxygen atoms in total. The number of nitrogens with one attached hydrogen (secondary N) is 2. The molecule has 0 radical (unpaired) electrons. The van der Waals surface area contributed by atoms with Crippen LogP contribution in [-0.4, -0.2) is 56.4 Å². The molecule has 1 heterocycles. The first-order chi connectivity index (χ1) is 12.7. The molecule has 148 valence electrons. The summed E-state index contributed by atoms with van der Waals surface area (Å²) in [6.07, 6.45) is -0.798. The van der Waals surface area contributed by atoms with E-state index in [4.69, 9.17) is 16.3 Å². The highest BCUT2D eigenvalue weighted by atomic mass is 35.5. The number of halogens is 1. The van der Waals surface area contributed by atoms with Crippen molar-refractivity contribution in [1.29, 1.82) is 0 Å². The van der Waals surface area contributed by atoms with Gasteiger partial charge in [-0.05, 0) is 37.6 Å². The number of esters is 1. The van der Waals surface area contributed by atoms with Crippen LogP contribution in [0.1, 0.15) is 30.1 Å². The van der Waals surface area contributed by atoms with Crippen molar-refractivity contribution in [2.24, 2.45) is 0 Å². The predicted octanol–water partition coefficient (Wildman–Crippen LogP) is 0.695. The van der Waals surface area contributed by atoms with Crippen LogP contribution < -0.4 is 10.6 Å². The molecule has 0 aliphatic carbocycles. The molecular formula is C17H21ClN2O6S. The van der Waals surface area contributed by atoms with E-state index in [9.17, 15) is 22.8 Å². The molecule has 0 unspecified atom stereocenters. The smallest absolute Gasteiger partial charge is 0.308 e. The lowest BCUT2D eigenvalue weighted by atomic mass is 10.2. The highest BCUT2D eigenvalue weighted by Gasteiger charge is 2.30. The molecule has 1 fully saturated rings. The number of amides is 2. The van der Waals surface area contributed by atoms with E-state index >= 15 is 0 Å². The number of carbonyl (C=O) groups excluding carboxylic acids is 3. The molecule has 2 N–H and O–H groups in total. The van der Waals surface area contributed by atoms with Gasteiger partial charge < -0.3 is 15.4 Å². The summed E-state index contributed by atoms with van der Waals surface area (Å²) in [6, 6.07) is 5.83. The number of ether oxygens (including phenoxy) is 1.